The van der Waals surface area contributed by atoms with Crippen LogP contribution in [0.15, 0.2) is 0 Å². The number of nitrogens with one attached hydrogen (secondary N) is 1. The van der Waals surface area contributed by atoms with E-state index in [0.29, 0.717) is 0 Å². The third-order valence-corrected chi connectivity index (χ3v) is 3.43. The van der Waals surface area contributed by atoms with Crippen molar-refractivity contribution in [1.82, 2.24) is 5.32 Å². The van der Waals surface area contributed by atoms with Gasteiger partial charge in [0, 0.05) is 6.04 Å². The zero-order valence-electron chi connectivity index (χ0n) is 6.82. The molecule has 1 heterocycles. The average Bonchev–Trinajstić information content (AvgIpc) is 2.15. The van der Waals surface area contributed by atoms with Gasteiger partial charge in [0.15, 0.2) is 0 Å². The van der Waals surface area contributed by atoms with E-state index >= 15 is 0 Å². The first-order valence-corrected chi connectivity index (χ1v) is 4.61. The summed E-state index contributed by atoms with van der Waals surface area (Å²) in [6, 6.07) is 0.910. The van der Waals surface area contributed by atoms with Gasteiger partial charge >= 0.3 is 0 Å². The van der Waals surface area contributed by atoms with Crippen LogP contribution >= 0.6 is 0 Å². The molecule has 0 aromatic rings. The molecule has 0 aromatic carbocycles. The van der Waals surface area contributed by atoms with Crippen LogP contribution in [0.25, 0.3) is 0 Å². The molecule has 2 rings (SSSR count). The lowest BCUT2D eigenvalue weighted by Gasteiger charge is -2.44. The largest absolute Gasteiger partial charge is 0.313 e. The van der Waals surface area contributed by atoms with Crippen molar-refractivity contribution >= 4 is 0 Å². The summed E-state index contributed by atoms with van der Waals surface area (Å²) in [4.78, 5) is 0. The second-order valence-electron chi connectivity index (χ2n) is 3.91. The normalized spacial score (nSPS) is 44.7. The summed E-state index contributed by atoms with van der Waals surface area (Å²) in [5.74, 6) is 0. The monoisotopic (exact) mass is 139 g/mol. The van der Waals surface area contributed by atoms with Gasteiger partial charge in [0.2, 0.25) is 0 Å². The van der Waals surface area contributed by atoms with Crippen molar-refractivity contribution < 1.29 is 0 Å². The summed E-state index contributed by atoms with van der Waals surface area (Å²) in [6.45, 7) is 3.59. The van der Waals surface area contributed by atoms with E-state index in [1.807, 2.05) is 0 Å². The molecule has 2 aliphatic rings. The highest BCUT2D eigenvalue weighted by Crippen LogP contribution is 2.50. The summed E-state index contributed by atoms with van der Waals surface area (Å²) in [5, 5.41) is 3.58. The van der Waals surface area contributed by atoms with Crippen molar-refractivity contribution in [2.75, 3.05) is 6.54 Å². The number of hydrogen-bond acceptors (Lipinski definition) is 1. The molecular formula is C9H17N. The standard InChI is InChI=1S/C9H17N/c1-2-4-9-5-3-8(9)10-7-6-9/h8,10H,2-7H2,1H3. The van der Waals surface area contributed by atoms with Gasteiger partial charge in [-0.25, -0.2) is 0 Å². The van der Waals surface area contributed by atoms with Crippen LogP contribution in [0.4, 0.5) is 0 Å². The van der Waals surface area contributed by atoms with E-state index in [4.69, 9.17) is 0 Å². The maximum Gasteiger partial charge on any atom is 0.0124 e. The molecular weight excluding hydrogens is 122 g/mol. The lowest BCUT2D eigenvalue weighted by molar-refractivity contribution is 0.1000. The Bertz CT molecular complexity index is 133. The van der Waals surface area contributed by atoms with Gasteiger partial charge in [-0.15, -0.1) is 0 Å². The molecule has 10 heavy (non-hydrogen) atoms. The maximum absolute atomic E-state index is 3.58. The summed E-state index contributed by atoms with van der Waals surface area (Å²) in [5.41, 5.74) is 0.773. The minimum atomic E-state index is 0.773. The fourth-order valence-corrected chi connectivity index (χ4v) is 2.73. The summed E-state index contributed by atoms with van der Waals surface area (Å²) >= 11 is 0. The van der Waals surface area contributed by atoms with E-state index < -0.39 is 0 Å². The van der Waals surface area contributed by atoms with E-state index in [2.05, 4.69) is 12.2 Å². The van der Waals surface area contributed by atoms with Gasteiger partial charge in [-0.3, -0.25) is 0 Å². The summed E-state index contributed by atoms with van der Waals surface area (Å²) < 4.78 is 0. The molecule has 58 valence electrons. The van der Waals surface area contributed by atoms with Crippen molar-refractivity contribution in [3.05, 3.63) is 0 Å². The van der Waals surface area contributed by atoms with Gasteiger partial charge in [-0.1, -0.05) is 13.3 Å². The zero-order valence-corrected chi connectivity index (χ0v) is 6.82. The third-order valence-electron chi connectivity index (χ3n) is 3.43. The Labute approximate surface area is 63.2 Å². The van der Waals surface area contributed by atoms with Crippen LogP contribution in [0.5, 0.6) is 0 Å². The fourth-order valence-electron chi connectivity index (χ4n) is 2.73. The van der Waals surface area contributed by atoms with Crippen LogP contribution in [0, 0.1) is 5.41 Å². The molecule has 2 atom stereocenters. The predicted molar refractivity (Wildman–Crippen MR) is 43.0 cm³/mol. The molecule has 0 aromatic heterocycles. The maximum atomic E-state index is 3.58. The molecule has 0 amide bonds. The smallest absolute Gasteiger partial charge is 0.0124 e. The van der Waals surface area contributed by atoms with Crippen LogP contribution in [0.3, 0.4) is 0 Å². The molecule has 1 aliphatic carbocycles. The minimum Gasteiger partial charge on any atom is -0.313 e. The summed E-state index contributed by atoms with van der Waals surface area (Å²) in [7, 11) is 0. The molecule has 1 saturated heterocycles. The van der Waals surface area contributed by atoms with E-state index in [9.17, 15) is 0 Å². The molecule has 1 saturated carbocycles. The van der Waals surface area contributed by atoms with Crippen molar-refractivity contribution in [2.45, 2.75) is 45.1 Å². The van der Waals surface area contributed by atoms with Gasteiger partial charge in [0.25, 0.3) is 0 Å². The van der Waals surface area contributed by atoms with E-state index in [1.54, 1.807) is 0 Å². The number of fused-ring (bicyclic) bond motifs is 1. The Balaban J connectivity index is 2.00. The Hall–Kier alpha value is -0.0400. The molecule has 0 spiro atoms. The summed E-state index contributed by atoms with van der Waals surface area (Å²) in [6.07, 6.45) is 7.23. The van der Waals surface area contributed by atoms with Crippen molar-refractivity contribution in [3.63, 3.8) is 0 Å². The number of rotatable bonds is 2. The van der Waals surface area contributed by atoms with Gasteiger partial charge in [0.05, 0.1) is 0 Å². The van der Waals surface area contributed by atoms with E-state index in [-0.39, 0.29) is 0 Å². The molecule has 0 bridgehead atoms. The Morgan fingerprint density at radius 1 is 1.50 bits per heavy atom. The first-order chi connectivity index (χ1) is 4.87. The molecule has 1 N–H and O–H groups in total. The SMILES string of the molecule is CCCC12CCNC1CC2. The molecule has 0 radical (unpaired) electrons. The Morgan fingerprint density at radius 3 is 2.90 bits per heavy atom. The van der Waals surface area contributed by atoms with Crippen molar-refractivity contribution in [3.8, 4) is 0 Å². The van der Waals surface area contributed by atoms with Crippen LogP contribution in [-0.2, 0) is 0 Å². The molecule has 2 fully saturated rings. The van der Waals surface area contributed by atoms with E-state index in [1.165, 1.54) is 38.6 Å². The zero-order chi connectivity index (χ0) is 7.03. The van der Waals surface area contributed by atoms with Gasteiger partial charge in [0.1, 0.15) is 0 Å². The van der Waals surface area contributed by atoms with Crippen molar-refractivity contribution in [1.29, 1.82) is 0 Å². The molecule has 2 unspecified atom stereocenters. The minimum absolute atomic E-state index is 0.773. The topological polar surface area (TPSA) is 12.0 Å². The highest BCUT2D eigenvalue weighted by molar-refractivity contribution is 5.04. The molecule has 1 heteroatoms. The second-order valence-corrected chi connectivity index (χ2v) is 3.91. The van der Waals surface area contributed by atoms with E-state index in [0.717, 1.165) is 11.5 Å². The van der Waals surface area contributed by atoms with Crippen LogP contribution in [0.2, 0.25) is 0 Å². The van der Waals surface area contributed by atoms with Crippen LogP contribution in [0.1, 0.15) is 39.0 Å². The van der Waals surface area contributed by atoms with Gasteiger partial charge < -0.3 is 5.32 Å². The van der Waals surface area contributed by atoms with Gasteiger partial charge in [-0.2, -0.15) is 0 Å². The van der Waals surface area contributed by atoms with Crippen LogP contribution < -0.4 is 5.32 Å². The first-order valence-electron chi connectivity index (χ1n) is 4.61. The van der Waals surface area contributed by atoms with Gasteiger partial charge in [-0.05, 0) is 37.6 Å². The number of hydrogen-bond donors (Lipinski definition) is 1. The highest BCUT2D eigenvalue weighted by Gasteiger charge is 2.48. The molecule has 1 nitrogen and oxygen atoms in total. The Kier molecular flexibility index (Phi) is 1.48. The Morgan fingerprint density at radius 2 is 2.40 bits per heavy atom. The van der Waals surface area contributed by atoms with Crippen LogP contribution in [-0.4, -0.2) is 12.6 Å². The lowest BCUT2D eigenvalue weighted by atomic mass is 9.63. The van der Waals surface area contributed by atoms with Crippen molar-refractivity contribution in [2.24, 2.45) is 5.41 Å². The average molecular weight is 139 g/mol. The highest BCUT2D eigenvalue weighted by atomic mass is 15.0. The third kappa shape index (κ3) is 0.731. The fraction of sp³-hybridized carbons (Fsp3) is 1.00. The lowest BCUT2D eigenvalue weighted by Crippen LogP contribution is -2.45. The quantitative estimate of drug-likeness (QED) is 0.616. The first kappa shape index (κ1) is 6.66. The molecule has 1 aliphatic heterocycles. The second kappa shape index (κ2) is 2.23. The predicted octanol–water partition coefficient (Wildman–Crippen LogP) is 1.93.